The highest BCUT2D eigenvalue weighted by molar-refractivity contribution is 6.10. The van der Waals surface area contributed by atoms with Crippen molar-refractivity contribution in [2.75, 3.05) is 9.80 Å². The minimum Gasteiger partial charge on any atom is -0.454 e. The average molecular weight is 357 g/mol. The van der Waals surface area contributed by atoms with Gasteiger partial charge in [0.05, 0.1) is 11.4 Å². The molecule has 4 aromatic rings. The van der Waals surface area contributed by atoms with Crippen LogP contribution in [-0.2, 0) is 0 Å². The summed E-state index contributed by atoms with van der Waals surface area (Å²) in [5.41, 5.74) is 5.33. The Bertz CT molecular complexity index is 1160. The van der Waals surface area contributed by atoms with Gasteiger partial charge in [-0.25, -0.2) is 4.98 Å². The van der Waals surface area contributed by atoms with E-state index in [0.29, 0.717) is 6.04 Å². The zero-order valence-corrected chi connectivity index (χ0v) is 16.1. The normalized spacial score (nSPS) is 16.7. The van der Waals surface area contributed by atoms with Crippen LogP contribution in [0.3, 0.4) is 0 Å². The maximum Gasteiger partial charge on any atom is 0.159 e. The van der Waals surface area contributed by atoms with Crippen molar-refractivity contribution in [2.24, 2.45) is 0 Å². The van der Waals surface area contributed by atoms with Crippen molar-refractivity contribution in [1.29, 1.82) is 0 Å². The number of aryl methyl sites for hydroxylation is 1. The summed E-state index contributed by atoms with van der Waals surface area (Å²) in [5, 5.41) is 2.31. The SMILES string of the molecule is Cc1ccc2c(oc3ccccc32)c1N1c2ncccc2N(C(C)C)[C@H]1C. The number of para-hydroxylation sites is 1. The molecule has 0 amide bonds. The second kappa shape index (κ2) is 5.74. The molecule has 1 aliphatic heterocycles. The second-order valence-corrected chi connectivity index (χ2v) is 7.55. The van der Waals surface area contributed by atoms with Crippen LogP contribution in [0, 0.1) is 6.92 Å². The Morgan fingerprint density at radius 2 is 1.81 bits per heavy atom. The van der Waals surface area contributed by atoms with E-state index in [4.69, 9.17) is 9.40 Å². The third kappa shape index (κ3) is 2.19. The van der Waals surface area contributed by atoms with Gasteiger partial charge in [-0.15, -0.1) is 0 Å². The van der Waals surface area contributed by atoms with Gasteiger partial charge in [0.15, 0.2) is 11.4 Å². The molecule has 0 spiro atoms. The van der Waals surface area contributed by atoms with Crippen LogP contribution >= 0.6 is 0 Å². The molecule has 0 radical (unpaired) electrons. The van der Waals surface area contributed by atoms with Gasteiger partial charge in [0.1, 0.15) is 11.7 Å². The molecule has 0 bridgehead atoms. The Balaban J connectivity index is 1.82. The molecule has 0 N–H and O–H groups in total. The fourth-order valence-electron chi connectivity index (χ4n) is 4.45. The predicted octanol–water partition coefficient (Wildman–Crippen LogP) is 6.00. The molecular weight excluding hydrogens is 334 g/mol. The van der Waals surface area contributed by atoms with E-state index in [1.165, 1.54) is 11.3 Å². The highest BCUT2D eigenvalue weighted by Gasteiger charge is 2.38. The van der Waals surface area contributed by atoms with Gasteiger partial charge in [-0.2, -0.15) is 0 Å². The van der Waals surface area contributed by atoms with E-state index in [1.54, 1.807) is 0 Å². The maximum absolute atomic E-state index is 6.35. The molecule has 0 saturated heterocycles. The Morgan fingerprint density at radius 3 is 2.63 bits per heavy atom. The third-order valence-corrected chi connectivity index (χ3v) is 5.57. The lowest BCUT2D eigenvalue weighted by Crippen LogP contribution is -2.42. The van der Waals surface area contributed by atoms with Gasteiger partial charge in [-0.05, 0) is 51.5 Å². The lowest BCUT2D eigenvalue weighted by Gasteiger charge is -2.33. The first-order valence-corrected chi connectivity index (χ1v) is 9.51. The molecule has 27 heavy (non-hydrogen) atoms. The predicted molar refractivity (Wildman–Crippen MR) is 112 cm³/mol. The number of pyridine rings is 1. The number of aromatic nitrogens is 1. The summed E-state index contributed by atoms with van der Waals surface area (Å²) in [5.74, 6) is 0.995. The summed E-state index contributed by atoms with van der Waals surface area (Å²) in [6.45, 7) is 8.84. The first kappa shape index (κ1) is 16.2. The molecule has 4 heteroatoms. The van der Waals surface area contributed by atoms with E-state index in [-0.39, 0.29) is 6.17 Å². The summed E-state index contributed by atoms with van der Waals surface area (Å²) in [7, 11) is 0. The van der Waals surface area contributed by atoms with E-state index >= 15 is 0 Å². The number of hydrogen-bond acceptors (Lipinski definition) is 4. The van der Waals surface area contributed by atoms with Gasteiger partial charge < -0.3 is 14.2 Å². The Labute approximate surface area is 159 Å². The second-order valence-electron chi connectivity index (χ2n) is 7.55. The number of furan rings is 1. The molecule has 3 heterocycles. The van der Waals surface area contributed by atoms with Crippen molar-refractivity contribution < 1.29 is 4.42 Å². The van der Waals surface area contributed by atoms with Crippen LogP contribution in [0.1, 0.15) is 26.3 Å². The van der Waals surface area contributed by atoms with Crippen LogP contribution in [0.5, 0.6) is 0 Å². The van der Waals surface area contributed by atoms with Crippen molar-refractivity contribution >= 4 is 39.1 Å². The lowest BCUT2D eigenvalue weighted by molar-refractivity contribution is 0.602. The van der Waals surface area contributed by atoms with Gasteiger partial charge in [0, 0.05) is 23.0 Å². The standard InChI is InChI=1S/C23H23N3O/c1-14(2)25-16(4)26(23-19(25)9-7-13-24-23)21-15(3)11-12-18-17-8-5-6-10-20(17)27-22(18)21/h5-14,16H,1-4H3/t16-/m1/s1. The van der Waals surface area contributed by atoms with Crippen molar-refractivity contribution in [3.05, 3.63) is 60.3 Å². The van der Waals surface area contributed by atoms with Crippen LogP contribution in [-0.4, -0.2) is 17.2 Å². The average Bonchev–Trinajstić information content (AvgIpc) is 3.17. The van der Waals surface area contributed by atoms with Crippen molar-refractivity contribution in [3.8, 4) is 0 Å². The number of hydrogen-bond donors (Lipinski definition) is 0. The fraction of sp³-hybridized carbons (Fsp3) is 0.261. The van der Waals surface area contributed by atoms with Crippen LogP contribution in [0.15, 0.2) is 59.1 Å². The van der Waals surface area contributed by atoms with Gasteiger partial charge in [-0.1, -0.05) is 30.3 Å². The van der Waals surface area contributed by atoms with Gasteiger partial charge in [0.25, 0.3) is 0 Å². The molecule has 0 saturated carbocycles. The van der Waals surface area contributed by atoms with Crippen LogP contribution in [0.2, 0.25) is 0 Å². The van der Waals surface area contributed by atoms with Gasteiger partial charge in [-0.3, -0.25) is 0 Å². The van der Waals surface area contributed by atoms with Crippen LogP contribution in [0.25, 0.3) is 21.9 Å². The molecule has 5 rings (SSSR count). The minimum atomic E-state index is 0.160. The molecule has 0 unspecified atom stereocenters. The number of rotatable bonds is 2. The quantitative estimate of drug-likeness (QED) is 0.440. The Hall–Kier alpha value is -3.01. The van der Waals surface area contributed by atoms with E-state index in [9.17, 15) is 0 Å². The summed E-state index contributed by atoms with van der Waals surface area (Å²) in [6, 6.07) is 17.1. The van der Waals surface area contributed by atoms with Crippen LogP contribution in [0.4, 0.5) is 17.2 Å². The highest BCUT2D eigenvalue weighted by Crippen LogP contribution is 2.47. The molecular formula is C23H23N3O. The Kier molecular flexibility index (Phi) is 3.44. The van der Waals surface area contributed by atoms with E-state index in [1.807, 2.05) is 24.4 Å². The molecule has 2 aromatic heterocycles. The minimum absolute atomic E-state index is 0.160. The summed E-state index contributed by atoms with van der Waals surface area (Å²) in [4.78, 5) is 9.49. The number of anilines is 3. The zero-order valence-electron chi connectivity index (χ0n) is 16.1. The number of nitrogens with zero attached hydrogens (tertiary/aromatic N) is 3. The molecule has 1 atom stereocenters. The van der Waals surface area contributed by atoms with E-state index in [2.05, 4.69) is 67.8 Å². The molecule has 4 nitrogen and oxygen atoms in total. The van der Waals surface area contributed by atoms with Crippen LogP contribution < -0.4 is 9.80 Å². The first-order valence-electron chi connectivity index (χ1n) is 9.51. The highest BCUT2D eigenvalue weighted by atomic mass is 16.3. The maximum atomic E-state index is 6.35. The van der Waals surface area contributed by atoms with E-state index < -0.39 is 0 Å². The van der Waals surface area contributed by atoms with Crippen molar-refractivity contribution in [3.63, 3.8) is 0 Å². The summed E-state index contributed by atoms with van der Waals surface area (Å²) < 4.78 is 6.35. The summed E-state index contributed by atoms with van der Waals surface area (Å²) in [6.07, 6.45) is 2.03. The van der Waals surface area contributed by atoms with Crippen molar-refractivity contribution in [2.45, 2.75) is 39.9 Å². The largest absolute Gasteiger partial charge is 0.454 e. The molecule has 1 aliphatic rings. The Morgan fingerprint density at radius 1 is 1.00 bits per heavy atom. The van der Waals surface area contributed by atoms with Crippen molar-refractivity contribution in [1.82, 2.24) is 4.98 Å². The fourth-order valence-corrected chi connectivity index (χ4v) is 4.45. The molecule has 136 valence electrons. The smallest absolute Gasteiger partial charge is 0.159 e. The lowest BCUT2D eigenvalue weighted by atomic mass is 10.1. The topological polar surface area (TPSA) is 32.5 Å². The zero-order chi connectivity index (χ0) is 18.7. The van der Waals surface area contributed by atoms with Gasteiger partial charge in [0.2, 0.25) is 0 Å². The molecule has 0 fully saturated rings. The van der Waals surface area contributed by atoms with Gasteiger partial charge >= 0.3 is 0 Å². The molecule has 0 aliphatic carbocycles. The summed E-state index contributed by atoms with van der Waals surface area (Å²) >= 11 is 0. The molecule has 2 aromatic carbocycles. The number of benzene rings is 2. The third-order valence-electron chi connectivity index (χ3n) is 5.57. The number of fused-ring (bicyclic) bond motifs is 4. The van der Waals surface area contributed by atoms with E-state index in [0.717, 1.165) is 33.4 Å². The monoisotopic (exact) mass is 357 g/mol. The first-order chi connectivity index (χ1) is 13.1.